The molecule has 0 unspecified atom stereocenters. The van der Waals surface area contributed by atoms with Crippen molar-refractivity contribution >= 4 is 17.3 Å². The van der Waals surface area contributed by atoms with E-state index in [1.807, 2.05) is 73.7 Å². The summed E-state index contributed by atoms with van der Waals surface area (Å²) in [7, 11) is 0. The lowest BCUT2D eigenvalue weighted by molar-refractivity contribution is -0.114. The van der Waals surface area contributed by atoms with Crippen LogP contribution >= 0.6 is 0 Å². The van der Waals surface area contributed by atoms with Crippen LogP contribution in [0.4, 0.5) is 0 Å². The number of nitrogens with zero attached hydrogens (tertiary/aromatic N) is 2. The Kier molecular flexibility index (Phi) is 4.44. The Labute approximate surface area is 145 Å². The number of amides is 1. The fourth-order valence-electron chi connectivity index (χ4n) is 2.47. The second-order valence-corrected chi connectivity index (χ2v) is 5.61. The predicted octanol–water partition coefficient (Wildman–Crippen LogP) is 2.65. The lowest BCUT2D eigenvalue weighted by Crippen LogP contribution is -2.24. The summed E-state index contributed by atoms with van der Waals surface area (Å²) in [6.07, 6.45) is 1.89. The van der Waals surface area contributed by atoms with Crippen molar-refractivity contribution in [2.45, 2.75) is 6.92 Å². The van der Waals surface area contributed by atoms with Gasteiger partial charge in [-0.3, -0.25) is 4.79 Å². The number of nitrogens with two attached hydrogens (primary N) is 1. The highest BCUT2D eigenvalue weighted by molar-refractivity contribution is 6.14. The Morgan fingerprint density at radius 1 is 1.08 bits per heavy atom. The molecule has 0 saturated carbocycles. The molecule has 0 aromatic heterocycles. The number of nitriles is 1. The van der Waals surface area contributed by atoms with Crippen LogP contribution in [0.15, 0.2) is 77.1 Å². The largest absolute Gasteiger partial charge is 0.365 e. The number of primary amides is 1. The van der Waals surface area contributed by atoms with Gasteiger partial charge in [-0.05, 0) is 18.6 Å². The summed E-state index contributed by atoms with van der Waals surface area (Å²) in [4.78, 5) is 16.0. The Balaban J connectivity index is 2.15. The Morgan fingerprint density at radius 2 is 1.76 bits per heavy atom. The minimum atomic E-state index is -0.814. The molecule has 0 saturated heterocycles. The van der Waals surface area contributed by atoms with E-state index in [1.54, 1.807) is 0 Å². The van der Waals surface area contributed by atoms with E-state index in [9.17, 15) is 10.1 Å². The van der Waals surface area contributed by atoms with Crippen LogP contribution in [-0.4, -0.2) is 11.6 Å². The van der Waals surface area contributed by atoms with Crippen LogP contribution in [0.3, 0.4) is 0 Å². The van der Waals surface area contributed by atoms with Gasteiger partial charge >= 0.3 is 0 Å². The Bertz CT molecular complexity index is 945. The molecule has 0 atom stereocenters. The number of aliphatic imine (C=N–C) groups is 1. The van der Waals surface area contributed by atoms with Crippen LogP contribution in [0, 0.1) is 18.3 Å². The first-order valence-electron chi connectivity index (χ1n) is 7.72. The summed E-state index contributed by atoms with van der Waals surface area (Å²) < 4.78 is 0. The Hall–Kier alpha value is -3.65. The van der Waals surface area contributed by atoms with Gasteiger partial charge in [-0.25, -0.2) is 4.99 Å². The van der Waals surface area contributed by atoms with Crippen LogP contribution in [0.2, 0.25) is 0 Å². The maximum Gasteiger partial charge on any atom is 0.263 e. The molecule has 1 heterocycles. The standard InChI is InChI=1S/C20H16N4O/c1-13-7-9-15(10-8-13)18-11-17(14-5-3-2-4-6-14)23-20(24-18)16(12-21)19(22)25/h2-11,24H,1H3,(H2,22,25). The highest BCUT2D eigenvalue weighted by Gasteiger charge is 2.19. The second-order valence-electron chi connectivity index (χ2n) is 5.61. The fraction of sp³-hybridized carbons (Fsp3) is 0.0500. The molecular weight excluding hydrogens is 312 g/mol. The maximum atomic E-state index is 11.6. The van der Waals surface area contributed by atoms with E-state index < -0.39 is 5.91 Å². The lowest BCUT2D eigenvalue weighted by atomic mass is 10.0. The number of hydrogen-bond acceptors (Lipinski definition) is 4. The fourth-order valence-corrected chi connectivity index (χ4v) is 2.47. The van der Waals surface area contributed by atoms with Crippen LogP contribution < -0.4 is 11.1 Å². The van der Waals surface area contributed by atoms with Crippen LogP contribution in [0.5, 0.6) is 0 Å². The van der Waals surface area contributed by atoms with E-state index in [4.69, 9.17) is 5.73 Å². The van der Waals surface area contributed by atoms with E-state index in [0.29, 0.717) is 5.71 Å². The SMILES string of the molecule is Cc1ccc(C2=CC(c3ccccc3)=NC(=C(C#N)C(N)=O)N2)cc1. The first-order valence-corrected chi connectivity index (χ1v) is 7.72. The quantitative estimate of drug-likeness (QED) is 0.670. The van der Waals surface area contributed by atoms with E-state index in [1.165, 1.54) is 0 Å². The molecule has 5 heteroatoms. The number of rotatable bonds is 3. The van der Waals surface area contributed by atoms with Crippen molar-refractivity contribution in [1.29, 1.82) is 5.26 Å². The molecular formula is C20H16N4O. The van der Waals surface area contributed by atoms with Gasteiger partial charge in [0.25, 0.3) is 5.91 Å². The van der Waals surface area contributed by atoms with Crippen molar-refractivity contribution in [3.8, 4) is 6.07 Å². The number of benzene rings is 2. The van der Waals surface area contributed by atoms with Crippen molar-refractivity contribution in [1.82, 2.24) is 5.32 Å². The summed E-state index contributed by atoms with van der Waals surface area (Å²) in [6, 6.07) is 19.3. The number of carbonyl (C=O) groups is 1. The molecule has 5 nitrogen and oxygen atoms in total. The van der Waals surface area contributed by atoms with Gasteiger partial charge in [0.2, 0.25) is 0 Å². The molecule has 1 aliphatic rings. The molecule has 0 radical (unpaired) electrons. The van der Waals surface area contributed by atoms with Crippen LogP contribution in [0.1, 0.15) is 16.7 Å². The lowest BCUT2D eigenvalue weighted by Gasteiger charge is -2.19. The first-order chi connectivity index (χ1) is 12.1. The molecule has 2 aromatic rings. The van der Waals surface area contributed by atoms with Crippen LogP contribution in [0.25, 0.3) is 5.70 Å². The molecule has 3 N–H and O–H groups in total. The normalized spacial score (nSPS) is 15.4. The minimum Gasteiger partial charge on any atom is -0.365 e. The van der Waals surface area contributed by atoms with E-state index in [-0.39, 0.29) is 11.4 Å². The van der Waals surface area contributed by atoms with Crippen molar-refractivity contribution in [3.63, 3.8) is 0 Å². The van der Waals surface area contributed by atoms with Crippen LogP contribution in [-0.2, 0) is 4.79 Å². The zero-order valence-electron chi connectivity index (χ0n) is 13.7. The van der Waals surface area contributed by atoms with Gasteiger partial charge in [-0.2, -0.15) is 5.26 Å². The molecule has 0 fully saturated rings. The van der Waals surface area contributed by atoms with E-state index in [0.717, 1.165) is 22.4 Å². The summed E-state index contributed by atoms with van der Waals surface area (Å²) in [6.45, 7) is 2.01. The zero-order valence-corrected chi connectivity index (χ0v) is 13.7. The number of aryl methyl sites for hydroxylation is 1. The van der Waals surface area contributed by atoms with Crippen molar-refractivity contribution in [3.05, 3.63) is 88.8 Å². The summed E-state index contributed by atoms with van der Waals surface area (Å²) in [5.41, 5.74) is 9.46. The number of allylic oxidation sites excluding steroid dienone is 1. The third kappa shape index (κ3) is 3.48. The molecule has 2 aromatic carbocycles. The third-order valence-electron chi connectivity index (χ3n) is 3.79. The average molecular weight is 328 g/mol. The monoisotopic (exact) mass is 328 g/mol. The van der Waals surface area contributed by atoms with Gasteiger partial charge in [0, 0.05) is 11.3 Å². The summed E-state index contributed by atoms with van der Waals surface area (Å²) in [5, 5.41) is 12.3. The number of carbonyl (C=O) groups excluding carboxylic acids is 1. The topological polar surface area (TPSA) is 91.3 Å². The van der Waals surface area contributed by atoms with Gasteiger partial charge in [0.15, 0.2) is 11.4 Å². The van der Waals surface area contributed by atoms with Crippen molar-refractivity contribution < 1.29 is 4.79 Å². The molecule has 25 heavy (non-hydrogen) atoms. The summed E-state index contributed by atoms with van der Waals surface area (Å²) >= 11 is 0. The maximum absolute atomic E-state index is 11.6. The van der Waals surface area contributed by atoms with E-state index in [2.05, 4.69) is 10.3 Å². The molecule has 1 amide bonds. The molecule has 122 valence electrons. The molecule has 3 rings (SSSR count). The molecule has 0 aliphatic carbocycles. The second kappa shape index (κ2) is 6.85. The van der Waals surface area contributed by atoms with Crippen molar-refractivity contribution in [2.75, 3.05) is 0 Å². The van der Waals surface area contributed by atoms with Gasteiger partial charge in [0.05, 0.1) is 5.71 Å². The molecule has 0 spiro atoms. The van der Waals surface area contributed by atoms with Gasteiger partial charge in [-0.1, -0.05) is 60.2 Å². The predicted molar refractivity (Wildman–Crippen MR) is 97.1 cm³/mol. The molecule has 1 aliphatic heterocycles. The minimum absolute atomic E-state index is 0.159. The smallest absolute Gasteiger partial charge is 0.263 e. The highest BCUT2D eigenvalue weighted by atomic mass is 16.1. The van der Waals surface area contributed by atoms with E-state index >= 15 is 0 Å². The average Bonchev–Trinajstić information content (AvgIpc) is 2.63. The van der Waals surface area contributed by atoms with Gasteiger partial charge in [-0.15, -0.1) is 0 Å². The highest BCUT2D eigenvalue weighted by Crippen LogP contribution is 2.22. The number of nitrogens with one attached hydrogen (secondary N) is 1. The number of hydrogen-bond donors (Lipinski definition) is 2. The third-order valence-corrected chi connectivity index (χ3v) is 3.79. The summed E-state index contributed by atoms with van der Waals surface area (Å²) in [5.74, 6) is -0.654. The molecule has 0 bridgehead atoms. The zero-order chi connectivity index (χ0) is 17.8. The first kappa shape index (κ1) is 16.2. The Morgan fingerprint density at radius 3 is 2.36 bits per heavy atom. The van der Waals surface area contributed by atoms with Gasteiger partial charge < -0.3 is 11.1 Å². The van der Waals surface area contributed by atoms with Gasteiger partial charge in [0.1, 0.15) is 6.07 Å². The van der Waals surface area contributed by atoms with Crippen molar-refractivity contribution in [2.24, 2.45) is 10.7 Å².